The molecular formula is C17H15BF2N4O. The highest BCUT2D eigenvalue weighted by atomic mass is 19.1. The molecule has 3 aromatic rings. The molecule has 126 valence electrons. The minimum atomic E-state index is -1.38. The Bertz CT molecular complexity index is 921. The zero-order chi connectivity index (χ0) is 18.0. The van der Waals surface area contributed by atoms with Gasteiger partial charge in [-0.15, -0.1) is 0 Å². The fourth-order valence-electron chi connectivity index (χ4n) is 2.56. The van der Waals surface area contributed by atoms with Crippen LogP contribution >= 0.6 is 0 Å². The lowest BCUT2D eigenvalue weighted by Crippen LogP contribution is -2.12. The van der Waals surface area contributed by atoms with E-state index < -0.39 is 12.0 Å². The van der Waals surface area contributed by atoms with Crippen molar-refractivity contribution >= 4 is 30.2 Å². The van der Waals surface area contributed by atoms with Crippen LogP contribution in [0.2, 0.25) is 0 Å². The van der Waals surface area contributed by atoms with Crippen molar-refractivity contribution in [3.05, 3.63) is 47.5 Å². The number of hydrogen-bond acceptors (Lipinski definition) is 5. The smallest absolute Gasteiger partial charge is 0.239 e. The Balaban J connectivity index is 1.95. The summed E-state index contributed by atoms with van der Waals surface area (Å²) in [6, 6.07) is 6.25. The molecule has 2 radical (unpaired) electrons. The van der Waals surface area contributed by atoms with Crippen molar-refractivity contribution in [2.45, 2.75) is 19.6 Å². The molecule has 0 saturated heterocycles. The standard InChI is InChI=1S/C17H15BF2N4O/c1-9(19)11-5-3-4-10(14(11)20)7-21-16-12-6-13(18)24-17(25-2)15(12)22-8-23-16/h3-6,8-9H,7H2,1-2H3,(H,21,22,23). The number of rotatable bonds is 5. The molecule has 0 aliphatic carbocycles. The maximum absolute atomic E-state index is 14.4. The van der Waals surface area contributed by atoms with E-state index in [0.717, 1.165) is 0 Å². The largest absolute Gasteiger partial charge is 0.479 e. The first kappa shape index (κ1) is 17.1. The van der Waals surface area contributed by atoms with Crippen molar-refractivity contribution in [2.75, 3.05) is 12.4 Å². The van der Waals surface area contributed by atoms with Crippen LogP contribution in [0.15, 0.2) is 30.6 Å². The van der Waals surface area contributed by atoms with E-state index in [1.165, 1.54) is 26.4 Å². The summed E-state index contributed by atoms with van der Waals surface area (Å²) in [4.78, 5) is 12.4. The van der Waals surface area contributed by atoms with Crippen molar-refractivity contribution in [3.63, 3.8) is 0 Å². The van der Waals surface area contributed by atoms with Gasteiger partial charge < -0.3 is 10.1 Å². The van der Waals surface area contributed by atoms with Gasteiger partial charge in [-0.1, -0.05) is 18.2 Å². The van der Waals surface area contributed by atoms with Gasteiger partial charge in [0.05, 0.1) is 7.11 Å². The molecule has 8 heteroatoms. The highest BCUT2D eigenvalue weighted by Crippen LogP contribution is 2.26. The second-order valence-electron chi connectivity index (χ2n) is 5.46. The Kier molecular flexibility index (Phi) is 4.78. The molecule has 3 rings (SSSR count). The van der Waals surface area contributed by atoms with Crippen molar-refractivity contribution in [1.29, 1.82) is 0 Å². The Labute approximate surface area is 144 Å². The van der Waals surface area contributed by atoms with Gasteiger partial charge in [0, 0.05) is 23.1 Å². The predicted molar refractivity (Wildman–Crippen MR) is 92.5 cm³/mol. The molecule has 0 amide bonds. The molecular weight excluding hydrogens is 325 g/mol. The minimum absolute atomic E-state index is 0.0296. The van der Waals surface area contributed by atoms with Gasteiger partial charge in [0.1, 0.15) is 37.5 Å². The molecule has 2 aromatic heterocycles. The minimum Gasteiger partial charge on any atom is -0.479 e. The first-order valence-electron chi connectivity index (χ1n) is 7.61. The lowest BCUT2D eigenvalue weighted by Gasteiger charge is -2.13. The number of nitrogens with one attached hydrogen (secondary N) is 1. The molecule has 2 heterocycles. The molecule has 1 atom stereocenters. The highest BCUT2D eigenvalue weighted by molar-refractivity contribution is 6.31. The summed E-state index contributed by atoms with van der Waals surface area (Å²) in [5.74, 6) is 0.164. The summed E-state index contributed by atoms with van der Waals surface area (Å²) in [6.07, 6.45) is -0.0310. The number of fused-ring (bicyclic) bond motifs is 1. The van der Waals surface area contributed by atoms with E-state index in [1.807, 2.05) is 0 Å². The molecule has 25 heavy (non-hydrogen) atoms. The van der Waals surface area contributed by atoms with E-state index in [1.54, 1.807) is 18.2 Å². The molecule has 0 fully saturated rings. The Morgan fingerprint density at radius 1 is 1.32 bits per heavy atom. The number of methoxy groups -OCH3 is 1. The van der Waals surface area contributed by atoms with Crippen LogP contribution in [-0.4, -0.2) is 29.9 Å². The normalized spacial score (nSPS) is 12.2. The first-order chi connectivity index (χ1) is 12.0. The molecule has 0 aliphatic rings. The van der Waals surface area contributed by atoms with Gasteiger partial charge >= 0.3 is 0 Å². The average Bonchev–Trinajstić information content (AvgIpc) is 2.60. The maximum Gasteiger partial charge on any atom is 0.239 e. The van der Waals surface area contributed by atoms with E-state index in [-0.39, 0.29) is 23.6 Å². The molecule has 0 bridgehead atoms. The molecule has 0 spiro atoms. The lowest BCUT2D eigenvalue weighted by atomic mass is 10.0. The average molecular weight is 340 g/mol. The first-order valence-corrected chi connectivity index (χ1v) is 7.61. The Morgan fingerprint density at radius 3 is 2.84 bits per heavy atom. The van der Waals surface area contributed by atoms with Gasteiger partial charge in [0.2, 0.25) is 5.88 Å². The number of ether oxygens (including phenoxy) is 1. The predicted octanol–water partition coefficient (Wildman–Crippen LogP) is 2.61. The zero-order valence-electron chi connectivity index (χ0n) is 13.8. The molecule has 0 saturated carbocycles. The third-order valence-electron chi connectivity index (χ3n) is 3.79. The van der Waals surface area contributed by atoms with Crippen molar-refractivity contribution in [1.82, 2.24) is 15.0 Å². The van der Waals surface area contributed by atoms with Crippen LogP contribution in [0.4, 0.5) is 14.6 Å². The monoisotopic (exact) mass is 340 g/mol. The van der Waals surface area contributed by atoms with E-state index >= 15 is 0 Å². The zero-order valence-corrected chi connectivity index (χ0v) is 13.8. The van der Waals surface area contributed by atoms with Crippen molar-refractivity contribution in [2.24, 2.45) is 0 Å². The number of hydrogen-bond donors (Lipinski definition) is 1. The molecule has 1 N–H and O–H groups in total. The van der Waals surface area contributed by atoms with Gasteiger partial charge in [-0.25, -0.2) is 23.7 Å². The number of alkyl halides is 1. The Morgan fingerprint density at radius 2 is 2.12 bits per heavy atom. The summed E-state index contributed by atoms with van der Waals surface area (Å²) in [6.45, 7) is 1.43. The molecule has 0 aliphatic heterocycles. The number of nitrogens with zero attached hydrogens (tertiary/aromatic N) is 3. The number of anilines is 1. The van der Waals surface area contributed by atoms with Gasteiger partial charge in [-0.3, -0.25) is 0 Å². The van der Waals surface area contributed by atoms with Crippen LogP contribution < -0.4 is 15.6 Å². The maximum atomic E-state index is 14.4. The lowest BCUT2D eigenvalue weighted by molar-refractivity contribution is 0.360. The van der Waals surface area contributed by atoms with Gasteiger partial charge in [-0.05, 0) is 18.6 Å². The fourth-order valence-corrected chi connectivity index (χ4v) is 2.56. The van der Waals surface area contributed by atoms with E-state index in [2.05, 4.69) is 20.3 Å². The van der Waals surface area contributed by atoms with Crippen molar-refractivity contribution in [3.8, 4) is 5.88 Å². The van der Waals surface area contributed by atoms with Crippen molar-refractivity contribution < 1.29 is 13.5 Å². The molecule has 5 nitrogen and oxygen atoms in total. The Hall–Kier alpha value is -2.77. The van der Waals surface area contributed by atoms with Crippen LogP contribution in [0.1, 0.15) is 24.2 Å². The SMILES string of the molecule is [B]c1cc2c(NCc3cccc(C(C)F)c3F)ncnc2c(OC)n1. The number of benzene rings is 1. The third kappa shape index (κ3) is 3.38. The fraction of sp³-hybridized carbons (Fsp3) is 0.235. The van der Waals surface area contributed by atoms with E-state index in [9.17, 15) is 8.78 Å². The van der Waals surface area contributed by atoms with Gasteiger partial charge in [0.25, 0.3) is 0 Å². The summed E-state index contributed by atoms with van der Waals surface area (Å²) < 4.78 is 33.0. The molecule has 1 aromatic carbocycles. The van der Waals surface area contributed by atoms with Gasteiger partial charge in [-0.2, -0.15) is 0 Å². The van der Waals surface area contributed by atoms with Gasteiger partial charge in [0.15, 0.2) is 0 Å². The summed E-state index contributed by atoms with van der Waals surface area (Å²) in [5, 5.41) is 3.64. The topological polar surface area (TPSA) is 59.9 Å². The summed E-state index contributed by atoms with van der Waals surface area (Å²) in [7, 11) is 7.25. The summed E-state index contributed by atoms with van der Waals surface area (Å²) in [5.41, 5.74) is 1.10. The highest BCUT2D eigenvalue weighted by Gasteiger charge is 2.14. The van der Waals surface area contributed by atoms with E-state index in [4.69, 9.17) is 12.6 Å². The van der Waals surface area contributed by atoms with Crippen LogP contribution in [0.5, 0.6) is 5.88 Å². The van der Waals surface area contributed by atoms with Crippen LogP contribution in [0, 0.1) is 5.82 Å². The van der Waals surface area contributed by atoms with E-state index in [0.29, 0.717) is 22.3 Å². The van der Waals surface area contributed by atoms with Crippen LogP contribution in [0.3, 0.4) is 0 Å². The quantitative estimate of drug-likeness (QED) is 0.724. The third-order valence-corrected chi connectivity index (χ3v) is 3.79. The number of aromatic nitrogens is 3. The van der Waals surface area contributed by atoms with Crippen LogP contribution in [-0.2, 0) is 6.54 Å². The number of pyridine rings is 1. The second kappa shape index (κ2) is 7.00. The summed E-state index contributed by atoms with van der Waals surface area (Å²) >= 11 is 0. The van der Waals surface area contributed by atoms with Crippen LogP contribution in [0.25, 0.3) is 10.9 Å². The number of halogens is 2. The molecule has 1 unspecified atom stereocenters. The second-order valence-corrected chi connectivity index (χ2v) is 5.46.